The molecule has 0 bridgehead atoms. The van der Waals surface area contributed by atoms with Gasteiger partial charge in [0.2, 0.25) is 11.7 Å². The number of nitrogens with zero attached hydrogens (tertiary/aromatic N) is 4. The highest BCUT2D eigenvalue weighted by Crippen LogP contribution is 2.29. The quantitative estimate of drug-likeness (QED) is 0.613. The number of hydrogen-bond acceptors (Lipinski definition) is 7. The van der Waals surface area contributed by atoms with Gasteiger partial charge in [-0.2, -0.15) is 0 Å². The maximum atomic E-state index is 11.1. The van der Waals surface area contributed by atoms with Gasteiger partial charge < -0.3 is 10.1 Å². The Morgan fingerprint density at radius 2 is 2.00 bits per heavy atom. The van der Waals surface area contributed by atoms with E-state index in [2.05, 4.69) is 36.2 Å². The Kier molecular flexibility index (Phi) is 5.19. The van der Waals surface area contributed by atoms with Gasteiger partial charge in [-0.1, -0.05) is 0 Å². The van der Waals surface area contributed by atoms with Crippen LogP contribution in [-0.2, 0) is 0 Å². The Morgan fingerprint density at radius 1 is 1.21 bits per heavy atom. The molecule has 2 heterocycles. The predicted octanol–water partition coefficient (Wildman–Crippen LogP) is 3.34. The van der Waals surface area contributed by atoms with Crippen molar-refractivity contribution in [3.63, 3.8) is 0 Å². The summed E-state index contributed by atoms with van der Waals surface area (Å²) in [7, 11) is 0. The van der Waals surface area contributed by atoms with Crippen molar-refractivity contribution in [3.05, 3.63) is 45.4 Å². The SMILES string of the molecule is O=[N+]([O-])c1cc(Br)cnc1NC1CCC(Oc2cnccn2)CC1. The molecule has 1 fully saturated rings. The second-order valence-electron chi connectivity index (χ2n) is 5.56. The number of hydrogen-bond donors (Lipinski definition) is 1. The average molecular weight is 394 g/mol. The summed E-state index contributed by atoms with van der Waals surface area (Å²) < 4.78 is 6.38. The molecule has 0 aliphatic heterocycles. The topological polar surface area (TPSA) is 103 Å². The smallest absolute Gasteiger partial charge is 0.312 e. The lowest BCUT2D eigenvalue weighted by Crippen LogP contribution is -2.31. The number of nitrogens with one attached hydrogen (secondary N) is 1. The van der Waals surface area contributed by atoms with E-state index in [1.807, 2.05) is 0 Å². The standard InChI is InChI=1S/C15H16BrN5O3/c16-10-7-13(21(22)23)15(19-8-10)20-11-1-3-12(4-2-11)24-14-9-17-5-6-18-14/h5-9,11-12H,1-4H2,(H,19,20). The van der Waals surface area contributed by atoms with Crippen LogP contribution in [0.4, 0.5) is 11.5 Å². The van der Waals surface area contributed by atoms with Crippen LogP contribution in [0.1, 0.15) is 25.7 Å². The Bertz CT molecular complexity index is 708. The molecule has 8 nitrogen and oxygen atoms in total. The summed E-state index contributed by atoms with van der Waals surface area (Å²) in [5.41, 5.74) is -0.0256. The number of anilines is 1. The maximum absolute atomic E-state index is 11.1. The number of rotatable bonds is 5. The highest BCUT2D eigenvalue weighted by atomic mass is 79.9. The summed E-state index contributed by atoms with van der Waals surface area (Å²) >= 11 is 3.21. The molecule has 0 atom stereocenters. The third-order valence-electron chi connectivity index (χ3n) is 3.87. The zero-order chi connectivity index (χ0) is 16.9. The van der Waals surface area contributed by atoms with Crippen LogP contribution in [-0.4, -0.2) is 32.0 Å². The normalized spacial score (nSPS) is 20.4. The summed E-state index contributed by atoms with van der Waals surface area (Å²) in [6.45, 7) is 0. The molecule has 24 heavy (non-hydrogen) atoms. The molecule has 1 saturated carbocycles. The first-order valence-electron chi connectivity index (χ1n) is 7.61. The second-order valence-corrected chi connectivity index (χ2v) is 6.47. The van der Waals surface area contributed by atoms with Crippen molar-refractivity contribution in [2.24, 2.45) is 0 Å². The number of nitro groups is 1. The van der Waals surface area contributed by atoms with Crippen molar-refractivity contribution in [3.8, 4) is 5.88 Å². The highest BCUT2D eigenvalue weighted by molar-refractivity contribution is 9.10. The fraction of sp³-hybridized carbons (Fsp3) is 0.400. The average Bonchev–Trinajstić information content (AvgIpc) is 2.59. The fourth-order valence-corrected chi connectivity index (χ4v) is 3.03. The largest absolute Gasteiger partial charge is 0.473 e. The third kappa shape index (κ3) is 4.16. The molecule has 9 heteroatoms. The van der Waals surface area contributed by atoms with Gasteiger partial charge in [-0.25, -0.2) is 9.97 Å². The van der Waals surface area contributed by atoms with Crippen molar-refractivity contribution in [2.45, 2.75) is 37.8 Å². The van der Waals surface area contributed by atoms with Crippen molar-refractivity contribution < 1.29 is 9.66 Å². The molecule has 0 saturated heterocycles. The first kappa shape index (κ1) is 16.6. The molecule has 0 amide bonds. The van der Waals surface area contributed by atoms with Gasteiger partial charge in [-0.3, -0.25) is 15.1 Å². The van der Waals surface area contributed by atoms with Gasteiger partial charge in [0, 0.05) is 35.2 Å². The van der Waals surface area contributed by atoms with E-state index < -0.39 is 4.92 Å². The minimum Gasteiger partial charge on any atom is -0.473 e. The second kappa shape index (κ2) is 7.52. The molecular weight excluding hydrogens is 378 g/mol. The van der Waals surface area contributed by atoms with E-state index in [9.17, 15) is 10.1 Å². The van der Waals surface area contributed by atoms with Gasteiger partial charge in [-0.15, -0.1) is 0 Å². The van der Waals surface area contributed by atoms with Crippen LogP contribution in [0.2, 0.25) is 0 Å². The van der Waals surface area contributed by atoms with Crippen molar-refractivity contribution in [1.82, 2.24) is 15.0 Å². The van der Waals surface area contributed by atoms with E-state index in [4.69, 9.17) is 4.74 Å². The van der Waals surface area contributed by atoms with Gasteiger partial charge in [0.25, 0.3) is 0 Å². The third-order valence-corrected chi connectivity index (χ3v) is 4.31. The van der Waals surface area contributed by atoms with Crippen molar-refractivity contribution in [2.75, 3.05) is 5.32 Å². The molecule has 1 N–H and O–H groups in total. The van der Waals surface area contributed by atoms with E-state index >= 15 is 0 Å². The highest BCUT2D eigenvalue weighted by Gasteiger charge is 2.25. The predicted molar refractivity (Wildman–Crippen MR) is 90.9 cm³/mol. The molecule has 1 aliphatic carbocycles. The molecular formula is C15H16BrN5O3. The molecule has 0 spiro atoms. The van der Waals surface area contributed by atoms with Gasteiger partial charge >= 0.3 is 5.69 Å². The van der Waals surface area contributed by atoms with E-state index in [0.717, 1.165) is 25.7 Å². The number of pyridine rings is 1. The summed E-state index contributed by atoms with van der Waals surface area (Å²) in [5.74, 6) is 0.834. The fourth-order valence-electron chi connectivity index (χ4n) is 2.71. The lowest BCUT2D eigenvalue weighted by molar-refractivity contribution is -0.384. The maximum Gasteiger partial charge on any atom is 0.312 e. The lowest BCUT2D eigenvalue weighted by atomic mass is 9.93. The van der Waals surface area contributed by atoms with Gasteiger partial charge in [-0.05, 0) is 41.6 Å². The molecule has 2 aromatic rings. The van der Waals surface area contributed by atoms with Crippen LogP contribution in [0.5, 0.6) is 5.88 Å². The Balaban J connectivity index is 1.57. The van der Waals surface area contributed by atoms with Crippen molar-refractivity contribution >= 4 is 27.4 Å². The number of halogens is 1. The van der Waals surface area contributed by atoms with E-state index in [-0.39, 0.29) is 17.8 Å². The van der Waals surface area contributed by atoms with Crippen LogP contribution in [0.15, 0.2) is 35.3 Å². The first-order chi connectivity index (χ1) is 11.6. The summed E-state index contributed by atoms with van der Waals surface area (Å²) in [6, 6.07) is 1.59. The van der Waals surface area contributed by atoms with Crippen LogP contribution in [0.25, 0.3) is 0 Å². The zero-order valence-corrected chi connectivity index (χ0v) is 14.3. The molecule has 0 unspecified atom stereocenters. The van der Waals surface area contributed by atoms with Crippen LogP contribution < -0.4 is 10.1 Å². The summed E-state index contributed by atoms with van der Waals surface area (Å²) in [6.07, 6.45) is 9.83. The molecule has 126 valence electrons. The van der Waals surface area contributed by atoms with Crippen molar-refractivity contribution in [1.29, 1.82) is 0 Å². The summed E-state index contributed by atoms with van der Waals surface area (Å²) in [5, 5.41) is 14.3. The molecule has 2 aromatic heterocycles. The molecule has 3 rings (SSSR count). The molecule has 0 aromatic carbocycles. The van der Waals surface area contributed by atoms with Crippen LogP contribution >= 0.6 is 15.9 Å². The summed E-state index contributed by atoms with van der Waals surface area (Å²) in [4.78, 5) is 22.9. The molecule has 0 radical (unpaired) electrons. The van der Waals surface area contributed by atoms with Crippen LogP contribution in [0, 0.1) is 10.1 Å². The number of aromatic nitrogens is 3. The van der Waals surface area contributed by atoms with Gasteiger partial charge in [0.1, 0.15) is 6.10 Å². The van der Waals surface area contributed by atoms with E-state index in [1.165, 1.54) is 6.07 Å². The van der Waals surface area contributed by atoms with E-state index in [1.54, 1.807) is 24.8 Å². The lowest BCUT2D eigenvalue weighted by Gasteiger charge is -2.29. The Morgan fingerprint density at radius 3 is 2.67 bits per heavy atom. The minimum atomic E-state index is -0.428. The molecule has 1 aliphatic rings. The Hall–Kier alpha value is -2.29. The van der Waals surface area contributed by atoms with E-state index in [0.29, 0.717) is 16.2 Å². The zero-order valence-electron chi connectivity index (χ0n) is 12.8. The number of ether oxygens (including phenoxy) is 1. The van der Waals surface area contributed by atoms with Gasteiger partial charge in [0.15, 0.2) is 0 Å². The Labute approximate surface area is 147 Å². The monoisotopic (exact) mass is 393 g/mol. The van der Waals surface area contributed by atoms with Gasteiger partial charge in [0.05, 0.1) is 11.1 Å². The minimum absolute atomic E-state index is 0.0256. The van der Waals surface area contributed by atoms with Crippen LogP contribution in [0.3, 0.4) is 0 Å². The first-order valence-corrected chi connectivity index (χ1v) is 8.40.